The van der Waals surface area contributed by atoms with Crippen LogP contribution in [0.3, 0.4) is 0 Å². The lowest BCUT2D eigenvalue weighted by molar-refractivity contribution is 0.0946. The van der Waals surface area contributed by atoms with Crippen LogP contribution in [0.5, 0.6) is 0 Å². The number of hydrogen-bond acceptors (Lipinski definition) is 4. The minimum Gasteiger partial charge on any atom is -0.378 e. The Labute approximate surface area is 66.0 Å². The number of ether oxygens (including phenoxy) is 1. The van der Waals surface area contributed by atoms with Crippen LogP contribution in [-0.4, -0.2) is 38.1 Å². The molecule has 1 saturated heterocycles. The van der Waals surface area contributed by atoms with Crippen LogP contribution in [0, 0.1) is 0 Å². The molecule has 2 N–H and O–H groups in total. The summed E-state index contributed by atoms with van der Waals surface area (Å²) in [5.74, 6) is 0. The topological polar surface area (TPSA) is 45.6 Å². The van der Waals surface area contributed by atoms with E-state index in [9.17, 15) is 0 Å². The fourth-order valence-electron chi connectivity index (χ4n) is 1.43. The molecule has 0 aromatic rings. The molecule has 4 nitrogen and oxygen atoms in total. The van der Waals surface area contributed by atoms with Gasteiger partial charge in [-0.2, -0.15) is 5.10 Å². The second-order valence-corrected chi connectivity index (χ2v) is 2.84. The van der Waals surface area contributed by atoms with Crippen LogP contribution < -0.4 is 10.7 Å². The number of hydrazone groups is 1. The van der Waals surface area contributed by atoms with Crippen molar-refractivity contribution < 1.29 is 4.74 Å². The third-order valence-corrected chi connectivity index (χ3v) is 2.04. The maximum absolute atomic E-state index is 5.32. The summed E-state index contributed by atoms with van der Waals surface area (Å²) in [5, 5.41) is 7.55. The molecule has 0 amide bonds. The molecule has 0 radical (unpaired) electrons. The maximum Gasteiger partial charge on any atom is 0.0712 e. The number of nitrogens with one attached hydrogen (secondary N) is 2. The highest BCUT2D eigenvalue weighted by Crippen LogP contribution is 2.02. The van der Waals surface area contributed by atoms with Gasteiger partial charge in [-0.3, -0.25) is 0 Å². The largest absolute Gasteiger partial charge is 0.378 e. The van der Waals surface area contributed by atoms with E-state index in [1.165, 1.54) is 5.71 Å². The molecule has 2 rings (SSSR count). The number of nitrogens with zero attached hydrogens (tertiary/aromatic N) is 1. The van der Waals surface area contributed by atoms with Gasteiger partial charge in [-0.25, -0.2) is 0 Å². The summed E-state index contributed by atoms with van der Waals surface area (Å²) in [5.41, 5.74) is 4.17. The van der Waals surface area contributed by atoms with E-state index in [2.05, 4.69) is 15.8 Å². The molecule has 0 aromatic heterocycles. The Morgan fingerprint density at radius 3 is 3.09 bits per heavy atom. The SMILES string of the molecule is C1CC(C2COCCN2)=NN1. The van der Waals surface area contributed by atoms with Gasteiger partial charge in [0, 0.05) is 19.5 Å². The van der Waals surface area contributed by atoms with E-state index in [-0.39, 0.29) is 0 Å². The molecule has 2 aliphatic rings. The summed E-state index contributed by atoms with van der Waals surface area (Å²) in [6.45, 7) is 3.54. The van der Waals surface area contributed by atoms with E-state index in [1.54, 1.807) is 0 Å². The standard InChI is InChI=1S/C7H13N3O/c1-2-9-10-6(1)7-5-11-4-3-8-7/h7-9H,1-5H2. The van der Waals surface area contributed by atoms with Crippen LogP contribution >= 0.6 is 0 Å². The van der Waals surface area contributed by atoms with Crippen LogP contribution in [0.2, 0.25) is 0 Å². The number of morpholine rings is 1. The monoisotopic (exact) mass is 155 g/mol. The second-order valence-electron chi connectivity index (χ2n) is 2.84. The number of rotatable bonds is 1. The maximum atomic E-state index is 5.32. The van der Waals surface area contributed by atoms with Crippen molar-refractivity contribution in [1.82, 2.24) is 10.7 Å². The van der Waals surface area contributed by atoms with Crippen LogP contribution in [0.15, 0.2) is 5.10 Å². The Balaban J connectivity index is 1.92. The Bertz CT molecular complexity index is 163. The highest BCUT2D eigenvalue weighted by atomic mass is 16.5. The first-order chi connectivity index (χ1) is 5.47. The second kappa shape index (κ2) is 3.19. The van der Waals surface area contributed by atoms with Crippen molar-refractivity contribution >= 4 is 5.71 Å². The van der Waals surface area contributed by atoms with Crippen molar-refractivity contribution in [3.05, 3.63) is 0 Å². The van der Waals surface area contributed by atoms with Gasteiger partial charge in [0.05, 0.1) is 25.0 Å². The van der Waals surface area contributed by atoms with Crippen LogP contribution in [0.4, 0.5) is 0 Å². The Morgan fingerprint density at radius 1 is 1.45 bits per heavy atom. The van der Waals surface area contributed by atoms with Crippen molar-refractivity contribution in [2.24, 2.45) is 5.10 Å². The first-order valence-corrected chi connectivity index (χ1v) is 4.07. The van der Waals surface area contributed by atoms with Gasteiger partial charge in [0.1, 0.15) is 0 Å². The summed E-state index contributed by atoms with van der Waals surface area (Å²) >= 11 is 0. The smallest absolute Gasteiger partial charge is 0.0712 e. The molecule has 0 aromatic carbocycles. The van der Waals surface area contributed by atoms with Gasteiger partial charge < -0.3 is 15.5 Å². The number of hydrogen-bond donors (Lipinski definition) is 2. The summed E-state index contributed by atoms with van der Waals surface area (Å²) in [4.78, 5) is 0. The molecule has 1 fully saturated rings. The van der Waals surface area contributed by atoms with E-state index < -0.39 is 0 Å². The average molecular weight is 155 g/mol. The van der Waals surface area contributed by atoms with Crippen molar-refractivity contribution in [3.63, 3.8) is 0 Å². The first-order valence-electron chi connectivity index (χ1n) is 4.07. The van der Waals surface area contributed by atoms with E-state index in [0.717, 1.165) is 32.7 Å². The highest BCUT2D eigenvalue weighted by molar-refractivity contribution is 5.90. The molecule has 1 unspecified atom stereocenters. The van der Waals surface area contributed by atoms with Crippen molar-refractivity contribution in [2.75, 3.05) is 26.3 Å². The molecule has 2 heterocycles. The van der Waals surface area contributed by atoms with Gasteiger partial charge in [-0.1, -0.05) is 0 Å². The van der Waals surface area contributed by atoms with E-state index in [0.29, 0.717) is 6.04 Å². The van der Waals surface area contributed by atoms with Gasteiger partial charge >= 0.3 is 0 Å². The molecule has 11 heavy (non-hydrogen) atoms. The van der Waals surface area contributed by atoms with Gasteiger partial charge in [0.2, 0.25) is 0 Å². The van der Waals surface area contributed by atoms with E-state index in [1.807, 2.05) is 0 Å². The first kappa shape index (κ1) is 7.06. The third kappa shape index (κ3) is 1.52. The molecule has 0 aliphatic carbocycles. The molecular formula is C7H13N3O. The normalized spacial score (nSPS) is 31.3. The lowest BCUT2D eigenvalue weighted by Crippen LogP contribution is -2.46. The van der Waals surface area contributed by atoms with E-state index >= 15 is 0 Å². The molecule has 2 aliphatic heterocycles. The quantitative estimate of drug-likeness (QED) is 0.527. The average Bonchev–Trinajstić information content (AvgIpc) is 2.58. The predicted molar refractivity (Wildman–Crippen MR) is 42.7 cm³/mol. The van der Waals surface area contributed by atoms with Gasteiger partial charge in [0.15, 0.2) is 0 Å². The Hall–Kier alpha value is -0.610. The van der Waals surface area contributed by atoms with E-state index in [4.69, 9.17) is 4.74 Å². The van der Waals surface area contributed by atoms with Crippen molar-refractivity contribution in [1.29, 1.82) is 0 Å². The van der Waals surface area contributed by atoms with Gasteiger partial charge in [0.25, 0.3) is 0 Å². The third-order valence-electron chi connectivity index (χ3n) is 2.04. The van der Waals surface area contributed by atoms with Crippen LogP contribution in [0.25, 0.3) is 0 Å². The summed E-state index contributed by atoms with van der Waals surface area (Å²) in [6.07, 6.45) is 1.06. The lowest BCUT2D eigenvalue weighted by Gasteiger charge is -2.23. The summed E-state index contributed by atoms with van der Waals surface area (Å²) in [6, 6.07) is 0.360. The zero-order chi connectivity index (χ0) is 7.52. The minimum atomic E-state index is 0.360. The molecule has 0 bridgehead atoms. The molecule has 0 spiro atoms. The molecule has 1 atom stereocenters. The van der Waals surface area contributed by atoms with Crippen LogP contribution in [0.1, 0.15) is 6.42 Å². The predicted octanol–water partition coefficient (Wildman–Crippen LogP) is -0.676. The highest BCUT2D eigenvalue weighted by Gasteiger charge is 2.20. The summed E-state index contributed by atoms with van der Waals surface area (Å²) < 4.78 is 5.32. The van der Waals surface area contributed by atoms with Crippen LogP contribution in [-0.2, 0) is 4.74 Å². The Morgan fingerprint density at radius 2 is 2.45 bits per heavy atom. The minimum absolute atomic E-state index is 0.360. The molecule has 0 saturated carbocycles. The van der Waals surface area contributed by atoms with Gasteiger partial charge in [-0.05, 0) is 0 Å². The molecular weight excluding hydrogens is 142 g/mol. The van der Waals surface area contributed by atoms with Gasteiger partial charge in [-0.15, -0.1) is 0 Å². The lowest BCUT2D eigenvalue weighted by atomic mass is 10.1. The molecule has 62 valence electrons. The van der Waals surface area contributed by atoms with Crippen molar-refractivity contribution in [3.8, 4) is 0 Å². The fourth-order valence-corrected chi connectivity index (χ4v) is 1.43. The Kier molecular flexibility index (Phi) is 2.05. The zero-order valence-electron chi connectivity index (χ0n) is 6.47. The summed E-state index contributed by atoms with van der Waals surface area (Å²) in [7, 11) is 0. The zero-order valence-corrected chi connectivity index (χ0v) is 6.47. The van der Waals surface area contributed by atoms with Crippen molar-refractivity contribution in [2.45, 2.75) is 12.5 Å². The fraction of sp³-hybridized carbons (Fsp3) is 0.857. The molecule has 4 heteroatoms.